The van der Waals surface area contributed by atoms with Crippen LogP contribution in [0.4, 0.5) is 17.3 Å². The van der Waals surface area contributed by atoms with E-state index in [-0.39, 0.29) is 21.6 Å². The van der Waals surface area contributed by atoms with E-state index < -0.39 is 10.0 Å². The van der Waals surface area contributed by atoms with E-state index in [4.69, 9.17) is 11.6 Å². The van der Waals surface area contributed by atoms with Crippen molar-refractivity contribution in [1.82, 2.24) is 9.97 Å². The van der Waals surface area contributed by atoms with Crippen LogP contribution < -0.4 is 10.0 Å². The molecule has 0 saturated heterocycles. The largest absolute Gasteiger partial charge is 0.508 e. The quantitative estimate of drug-likeness (QED) is 0.398. The third-order valence-corrected chi connectivity index (χ3v) is 6.81. The number of aromatic hydroxyl groups is 1. The number of phenolic OH excluding ortho intramolecular Hbond substituents is 1. The average Bonchev–Trinajstić information content (AvgIpc) is 3.11. The van der Waals surface area contributed by atoms with Gasteiger partial charge in [0.1, 0.15) is 9.96 Å². The van der Waals surface area contributed by atoms with Gasteiger partial charge in [-0.25, -0.2) is 18.4 Å². The van der Waals surface area contributed by atoms with Crippen LogP contribution in [-0.2, 0) is 10.0 Å². The first-order valence-electron chi connectivity index (χ1n) is 8.02. The van der Waals surface area contributed by atoms with Crippen molar-refractivity contribution in [2.45, 2.75) is 4.21 Å². The highest BCUT2D eigenvalue weighted by Gasteiger charge is 2.20. The van der Waals surface area contributed by atoms with Gasteiger partial charge < -0.3 is 10.4 Å². The van der Waals surface area contributed by atoms with Crippen LogP contribution in [0, 0.1) is 0 Å². The summed E-state index contributed by atoms with van der Waals surface area (Å²) in [6.45, 7) is 0. The fourth-order valence-electron chi connectivity index (χ4n) is 2.46. The topological polar surface area (TPSA) is 104 Å². The predicted molar refractivity (Wildman–Crippen MR) is 111 cm³/mol. The van der Waals surface area contributed by atoms with Crippen LogP contribution in [-0.4, -0.2) is 23.5 Å². The average molecular weight is 433 g/mol. The third kappa shape index (κ3) is 3.86. The Balaban J connectivity index is 1.77. The number of anilines is 3. The predicted octanol–water partition coefficient (Wildman–Crippen LogP) is 4.59. The zero-order chi connectivity index (χ0) is 19.7. The maximum Gasteiger partial charge on any atom is 0.272 e. The summed E-state index contributed by atoms with van der Waals surface area (Å²) in [6.07, 6.45) is 0. The van der Waals surface area contributed by atoms with E-state index in [1.54, 1.807) is 30.3 Å². The van der Waals surface area contributed by atoms with E-state index >= 15 is 0 Å². The Morgan fingerprint density at radius 2 is 1.54 bits per heavy atom. The second kappa shape index (κ2) is 7.27. The van der Waals surface area contributed by atoms with Crippen molar-refractivity contribution < 1.29 is 13.5 Å². The molecule has 0 saturated carbocycles. The van der Waals surface area contributed by atoms with Crippen molar-refractivity contribution in [3.63, 3.8) is 0 Å². The molecule has 3 N–H and O–H groups in total. The molecule has 2 heterocycles. The van der Waals surface area contributed by atoms with E-state index in [9.17, 15) is 13.5 Å². The summed E-state index contributed by atoms with van der Waals surface area (Å²) in [4.78, 5) is 8.90. The van der Waals surface area contributed by atoms with Crippen LogP contribution in [0.2, 0.25) is 4.34 Å². The number of nitrogens with zero attached hydrogens (tertiary/aromatic N) is 2. The highest BCUT2D eigenvalue weighted by Crippen LogP contribution is 2.30. The lowest BCUT2D eigenvalue weighted by Gasteiger charge is -2.13. The first kappa shape index (κ1) is 18.5. The third-order valence-electron chi connectivity index (χ3n) is 3.75. The number of fused-ring (bicyclic) bond motifs is 1. The lowest BCUT2D eigenvalue weighted by Crippen LogP contribution is -2.15. The smallest absolute Gasteiger partial charge is 0.272 e. The first-order chi connectivity index (χ1) is 13.4. The number of phenols is 1. The normalized spacial score (nSPS) is 11.5. The van der Waals surface area contributed by atoms with Gasteiger partial charge in [-0.1, -0.05) is 23.7 Å². The summed E-state index contributed by atoms with van der Waals surface area (Å²) in [5, 5.41) is 12.5. The van der Waals surface area contributed by atoms with Crippen molar-refractivity contribution in [3.05, 3.63) is 65.0 Å². The highest BCUT2D eigenvalue weighted by molar-refractivity contribution is 7.94. The van der Waals surface area contributed by atoms with Crippen LogP contribution >= 0.6 is 22.9 Å². The molecule has 7 nitrogen and oxygen atoms in total. The van der Waals surface area contributed by atoms with Crippen LogP contribution in [0.3, 0.4) is 0 Å². The van der Waals surface area contributed by atoms with Crippen LogP contribution in [0.1, 0.15) is 0 Å². The summed E-state index contributed by atoms with van der Waals surface area (Å²) < 4.78 is 28.3. The molecule has 0 spiro atoms. The Bertz CT molecular complexity index is 1260. The van der Waals surface area contributed by atoms with Crippen LogP contribution in [0.15, 0.2) is 64.9 Å². The Labute approximate surface area is 169 Å². The van der Waals surface area contributed by atoms with E-state index in [1.165, 1.54) is 24.3 Å². The summed E-state index contributed by atoms with van der Waals surface area (Å²) >= 11 is 6.81. The number of thiophene rings is 1. The van der Waals surface area contributed by atoms with Crippen molar-refractivity contribution in [1.29, 1.82) is 0 Å². The molecule has 4 aromatic rings. The monoisotopic (exact) mass is 432 g/mol. The zero-order valence-corrected chi connectivity index (χ0v) is 16.5. The van der Waals surface area contributed by atoms with E-state index in [1.807, 2.05) is 6.07 Å². The Hall–Kier alpha value is -2.88. The number of aromatic nitrogens is 2. The number of rotatable bonds is 5. The summed E-state index contributed by atoms with van der Waals surface area (Å²) in [5.41, 5.74) is 1.76. The van der Waals surface area contributed by atoms with Crippen molar-refractivity contribution in [2.75, 3.05) is 10.0 Å². The maximum absolute atomic E-state index is 12.7. The van der Waals surface area contributed by atoms with E-state index in [0.717, 1.165) is 11.3 Å². The minimum atomic E-state index is -3.88. The zero-order valence-electron chi connectivity index (χ0n) is 14.1. The minimum absolute atomic E-state index is 0.0521. The van der Waals surface area contributed by atoms with Gasteiger partial charge in [-0.05, 0) is 48.5 Å². The molecule has 0 amide bonds. The summed E-state index contributed by atoms with van der Waals surface area (Å²) in [5.74, 6) is 0.401. The maximum atomic E-state index is 12.7. The molecule has 0 bridgehead atoms. The lowest BCUT2D eigenvalue weighted by atomic mass is 10.3. The van der Waals surface area contributed by atoms with Gasteiger partial charge in [-0.15, -0.1) is 11.3 Å². The fourth-order valence-corrected chi connectivity index (χ4v) is 4.95. The summed E-state index contributed by atoms with van der Waals surface area (Å²) in [6, 6.07) is 16.4. The molecular weight excluding hydrogens is 420 g/mol. The van der Waals surface area contributed by atoms with Crippen LogP contribution in [0.25, 0.3) is 11.0 Å². The Morgan fingerprint density at radius 1 is 0.893 bits per heavy atom. The molecule has 0 fully saturated rings. The number of para-hydroxylation sites is 2. The minimum Gasteiger partial charge on any atom is -0.508 e. The van der Waals surface area contributed by atoms with Crippen molar-refractivity contribution >= 4 is 61.3 Å². The van der Waals surface area contributed by atoms with Gasteiger partial charge in [-0.2, -0.15) is 0 Å². The molecule has 0 radical (unpaired) electrons. The van der Waals surface area contributed by atoms with Gasteiger partial charge in [0.25, 0.3) is 10.0 Å². The molecule has 2 aromatic heterocycles. The van der Waals surface area contributed by atoms with Gasteiger partial charge in [0, 0.05) is 5.69 Å². The van der Waals surface area contributed by atoms with Crippen LogP contribution in [0.5, 0.6) is 5.75 Å². The summed E-state index contributed by atoms with van der Waals surface area (Å²) in [7, 11) is -3.88. The van der Waals surface area contributed by atoms with E-state index in [2.05, 4.69) is 20.0 Å². The van der Waals surface area contributed by atoms with Gasteiger partial charge in [0.05, 0.1) is 15.4 Å². The molecule has 0 aliphatic heterocycles. The van der Waals surface area contributed by atoms with E-state index in [0.29, 0.717) is 21.1 Å². The molecular formula is C18H13ClN4O3S2. The number of hydrogen-bond acceptors (Lipinski definition) is 7. The van der Waals surface area contributed by atoms with Crippen molar-refractivity contribution in [2.24, 2.45) is 0 Å². The number of halogens is 1. The SMILES string of the molecule is O=S(=O)(Nc1nc2ccccc2nc1Nc1ccc(O)cc1)c1ccc(Cl)s1. The van der Waals surface area contributed by atoms with Crippen molar-refractivity contribution in [3.8, 4) is 5.75 Å². The second-order valence-corrected chi connectivity index (χ2v) is 9.37. The standard InChI is InChI=1S/C18H13ClN4O3S2/c19-15-9-10-16(27-15)28(25,26)23-18-17(20-11-5-7-12(24)8-6-11)21-13-3-1-2-4-14(13)22-18/h1-10,24H,(H,20,21)(H,22,23). The van der Waals surface area contributed by atoms with Gasteiger partial charge in [-0.3, -0.25) is 4.72 Å². The van der Waals surface area contributed by atoms with Gasteiger partial charge in [0.15, 0.2) is 11.6 Å². The molecule has 2 aromatic carbocycles. The Kier molecular flexibility index (Phi) is 4.80. The Morgan fingerprint density at radius 3 is 2.14 bits per heavy atom. The molecule has 0 unspecified atom stereocenters. The molecule has 4 rings (SSSR count). The molecule has 0 atom stereocenters. The molecule has 142 valence electrons. The van der Waals surface area contributed by atoms with Gasteiger partial charge >= 0.3 is 0 Å². The molecule has 0 aliphatic carbocycles. The number of hydrogen-bond donors (Lipinski definition) is 3. The molecule has 10 heteroatoms. The molecule has 28 heavy (non-hydrogen) atoms. The number of nitrogens with one attached hydrogen (secondary N) is 2. The number of sulfonamides is 1. The lowest BCUT2D eigenvalue weighted by molar-refractivity contribution is 0.475. The highest BCUT2D eigenvalue weighted by atomic mass is 35.5. The molecule has 0 aliphatic rings. The fraction of sp³-hybridized carbons (Fsp3) is 0. The first-order valence-corrected chi connectivity index (χ1v) is 10.7. The van der Waals surface area contributed by atoms with Gasteiger partial charge in [0.2, 0.25) is 0 Å². The second-order valence-electron chi connectivity index (χ2n) is 5.75. The number of benzene rings is 2.